The van der Waals surface area contributed by atoms with Gasteiger partial charge in [-0.15, -0.1) is 0 Å². The molecule has 1 N–H and O–H groups in total. The Kier molecular flexibility index (Phi) is 5.22. The van der Waals surface area contributed by atoms with Crippen molar-refractivity contribution < 1.29 is 13.6 Å². The number of halogens is 3. The van der Waals surface area contributed by atoms with Gasteiger partial charge in [0.15, 0.2) is 5.65 Å². The van der Waals surface area contributed by atoms with E-state index in [1.807, 2.05) is 6.07 Å². The summed E-state index contributed by atoms with van der Waals surface area (Å²) in [5, 5.41) is 11.2. The first-order chi connectivity index (χ1) is 14.0. The second-order valence-electron chi connectivity index (χ2n) is 6.20. The molecule has 0 aliphatic heterocycles. The fraction of sp³-hybridized carbons (Fsp3) is 0.158. The lowest BCUT2D eigenvalue weighted by Gasteiger charge is -2.09. The van der Waals surface area contributed by atoms with Crippen LogP contribution in [0.5, 0.6) is 0 Å². The van der Waals surface area contributed by atoms with Crippen LogP contribution < -0.4 is 5.32 Å². The summed E-state index contributed by atoms with van der Waals surface area (Å²) in [7, 11) is 0. The van der Waals surface area contributed by atoms with Gasteiger partial charge >= 0.3 is 0 Å². The predicted molar refractivity (Wildman–Crippen MR) is 103 cm³/mol. The van der Waals surface area contributed by atoms with Crippen LogP contribution in [-0.2, 0) is 6.54 Å². The highest BCUT2D eigenvalue weighted by Crippen LogP contribution is 2.26. The number of benzene rings is 1. The van der Waals surface area contributed by atoms with E-state index in [1.54, 1.807) is 35.1 Å². The molecule has 0 bridgehead atoms. The normalized spacial score (nSPS) is 11.3. The molecule has 7 nitrogen and oxygen atoms in total. The van der Waals surface area contributed by atoms with Gasteiger partial charge in [0.1, 0.15) is 11.3 Å². The number of fused-ring (bicyclic) bond motifs is 1. The average molecular weight is 417 g/mol. The van der Waals surface area contributed by atoms with Crippen molar-refractivity contribution in [3.8, 4) is 11.3 Å². The fourth-order valence-corrected chi connectivity index (χ4v) is 3.05. The van der Waals surface area contributed by atoms with E-state index >= 15 is 0 Å². The van der Waals surface area contributed by atoms with E-state index in [1.165, 1.54) is 18.5 Å². The number of rotatable bonds is 6. The maximum Gasteiger partial charge on any atom is 0.280 e. The van der Waals surface area contributed by atoms with Crippen LogP contribution in [0.2, 0.25) is 5.02 Å². The smallest absolute Gasteiger partial charge is 0.280 e. The third kappa shape index (κ3) is 3.95. The van der Waals surface area contributed by atoms with E-state index in [2.05, 4.69) is 20.5 Å². The number of hydrogen-bond donors (Lipinski definition) is 1. The van der Waals surface area contributed by atoms with Crippen LogP contribution in [0, 0.1) is 0 Å². The SMILES string of the molecule is O=C(NCCn1cc(Cl)cn1)c1cnn2c(C(F)F)cc(-c3ccccc3)nc12. The lowest BCUT2D eigenvalue weighted by molar-refractivity contribution is 0.0953. The molecular weight excluding hydrogens is 402 g/mol. The van der Waals surface area contributed by atoms with Gasteiger partial charge in [-0.05, 0) is 6.07 Å². The van der Waals surface area contributed by atoms with Crippen molar-refractivity contribution in [1.29, 1.82) is 0 Å². The third-order valence-electron chi connectivity index (χ3n) is 4.27. The van der Waals surface area contributed by atoms with Gasteiger partial charge in [-0.25, -0.2) is 18.3 Å². The molecule has 1 aromatic carbocycles. The Labute approximate surface area is 168 Å². The number of carbonyl (C=O) groups is 1. The molecule has 0 saturated carbocycles. The first-order valence-corrected chi connectivity index (χ1v) is 9.09. The minimum Gasteiger partial charge on any atom is -0.350 e. The number of nitrogens with zero attached hydrogens (tertiary/aromatic N) is 5. The highest BCUT2D eigenvalue weighted by Gasteiger charge is 2.21. The van der Waals surface area contributed by atoms with Crippen LogP contribution >= 0.6 is 11.6 Å². The molecule has 0 spiro atoms. The van der Waals surface area contributed by atoms with Crippen LogP contribution in [0.4, 0.5) is 8.78 Å². The quantitative estimate of drug-likeness (QED) is 0.521. The van der Waals surface area contributed by atoms with Gasteiger partial charge < -0.3 is 5.32 Å². The van der Waals surface area contributed by atoms with Gasteiger partial charge in [0.25, 0.3) is 12.3 Å². The number of nitrogens with one attached hydrogen (secondary N) is 1. The van der Waals surface area contributed by atoms with E-state index in [4.69, 9.17) is 11.6 Å². The molecule has 0 radical (unpaired) electrons. The maximum absolute atomic E-state index is 13.6. The van der Waals surface area contributed by atoms with Gasteiger partial charge in [0.05, 0.1) is 29.7 Å². The molecule has 0 fully saturated rings. The standard InChI is InChI=1S/C19H15ClF2N6O/c20-13-9-24-27(11-13)7-6-23-19(29)14-10-25-28-16(17(21)22)8-15(26-18(14)28)12-4-2-1-3-5-12/h1-5,8-11,17H,6-7H2,(H,23,29). The number of carbonyl (C=O) groups excluding carboxylic acids is 1. The van der Waals surface area contributed by atoms with Gasteiger partial charge in [0.2, 0.25) is 0 Å². The van der Waals surface area contributed by atoms with Crippen molar-refractivity contribution in [2.24, 2.45) is 0 Å². The third-order valence-corrected chi connectivity index (χ3v) is 4.46. The number of aromatic nitrogens is 5. The number of amides is 1. The molecule has 3 heterocycles. The molecule has 0 aliphatic carbocycles. The van der Waals surface area contributed by atoms with Crippen LogP contribution in [-0.4, -0.2) is 36.8 Å². The monoisotopic (exact) mass is 416 g/mol. The summed E-state index contributed by atoms with van der Waals surface area (Å²) in [4.78, 5) is 17.0. The zero-order valence-corrected chi connectivity index (χ0v) is 15.7. The Bertz CT molecular complexity index is 1160. The molecule has 3 aromatic heterocycles. The van der Waals surface area contributed by atoms with E-state index in [0.29, 0.717) is 22.8 Å². The highest BCUT2D eigenvalue weighted by atomic mass is 35.5. The van der Waals surface area contributed by atoms with Gasteiger partial charge in [-0.1, -0.05) is 41.9 Å². The molecule has 148 valence electrons. The number of hydrogen-bond acceptors (Lipinski definition) is 4. The summed E-state index contributed by atoms with van der Waals surface area (Å²) in [6.07, 6.45) is 1.59. The summed E-state index contributed by atoms with van der Waals surface area (Å²) in [6.45, 7) is 0.677. The van der Waals surface area contributed by atoms with E-state index in [-0.39, 0.29) is 23.4 Å². The zero-order valence-electron chi connectivity index (χ0n) is 15.0. The summed E-state index contributed by atoms with van der Waals surface area (Å²) in [5.41, 5.74) is 0.859. The molecule has 0 aliphatic rings. The molecule has 4 aromatic rings. The van der Waals surface area contributed by atoms with Crippen molar-refractivity contribution in [2.75, 3.05) is 6.54 Å². The summed E-state index contributed by atoms with van der Waals surface area (Å²) < 4.78 is 29.8. The summed E-state index contributed by atoms with van der Waals surface area (Å²) in [6, 6.07) is 10.2. The maximum atomic E-state index is 13.6. The van der Waals surface area contributed by atoms with E-state index in [9.17, 15) is 13.6 Å². The Balaban J connectivity index is 1.64. The van der Waals surface area contributed by atoms with Crippen LogP contribution in [0.3, 0.4) is 0 Å². The van der Waals surface area contributed by atoms with E-state index in [0.717, 1.165) is 4.52 Å². The molecule has 10 heteroatoms. The molecule has 1 amide bonds. The minimum absolute atomic E-state index is 0.0706. The van der Waals surface area contributed by atoms with Gasteiger partial charge in [-0.3, -0.25) is 9.48 Å². The van der Waals surface area contributed by atoms with Crippen molar-refractivity contribution in [3.63, 3.8) is 0 Å². The molecule has 4 rings (SSSR count). The van der Waals surface area contributed by atoms with Crippen LogP contribution in [0.15, 0.2) is 55.0 Å². The average Bonchev–Trinajstić information content (AvgIpc) is 3.33. The Morgan fingerprint density at radius 3 is 2.66 bits per heavy atom. The van der Waals surface area contributed by atoms with Crippen molar-refractivity contribution in [3.05, 3.63) is 71.3 Å². The molecule has 0 unspecified atom stereocenters. The van der Waals surface area contributed by atoms with Crippen molar-refractivity contribution in [2.45, 2.75) is 13.0 Å². The molecule has 0 atom stereocenters. The first-order valence-electron chi connectivity index (χ1n) is 8.71. The van der Waals surface area contributed by atoms with Crippen LogP contribution in [0.1, 0.15) is 22.5 Å². The topological polar surface area (TPSA) is 77.1 Å². The molecular formula is C19H15ClF2N6O. The second kappa shape index (κ2) is 7.96. The van der Waals surface area contributed by atoms with Crippen molar-refractivity contribution in [1.82, 2.24) is 29.7 Å². The summed E-state index contributed by atoms with van der Waals surface area (Å²) >= 11 is 5.80. The van der Waals surface area contributed by atoms with Gasteiger partial charge in [-0.2, -0.15) is 10.2 Å². The first kappa shape index (κ1) is 19.0. The number of alkyl halides is 2. The second-order valence-corrected chi connectivity index (χ2v) is 6.64. The Morgan fingerprint density at radius 2 is 1.97 bits per heavy atom. The molecule has 29 heavy (non-hydrogen) atoms. The predicted octanol–water partition coefficient (Wildman–Crippen LogP) is 3.61. The summed E-state index contributed by atoms with van der Waals surface area (Å²) in [5.74, 6) is -0.462. The highest BCUT2D eigenvalue weighted by molar-refractivity contribution is 6.30. The van der Waals surface area contributed by atoms with Gasteiger partial charge in [0, 0.05) is 18.3 Å². The minimum atomic E-state index is -2.77. The zero-order chi connectivity index (χ0) is 20.4. The fourth-order valence-electron chi connectivity index (χ4n) is 2.90. The Hall–Kier alpha value is -3.33. The van der Waals surface area contributed by atoms with Crippen LogP contribution in [0.25, 0.3) is 16.9 Å². The molecule has 0 saturated heterocycles. The van der Waals surface area contributed by atoms with E-state index < -0.39 is 12.3 Å². The Morgan fingerprint density at radius 1 is 1.17 bits per heavy atom. The lowest BCUT2D eigenvalue weighted by Crippen LogP contribution is -2.27. The largest absolute Gasteiger partial charge is 0.350 e. The van der Waals surface area contributed by atoms with Crippen molar-refractivity contribution >= 4 is 23.2 Å². The lowest BCUT2D eigenvalue weighted by atomic mass is 10.1.